The molecule has 1 aromatic carbocycles. The SMILES string of the molecule is CC(C)C(=O)N1CCN(c2ccc(N3C[C@@H](C(N)=O)CC3=O)cc2)CC1. The summed E-state index contributed by atoms with van der Waals surface area (Å²) in [6.07, 6.45) is 0.183. The van der Waals surface area contributed by atoms with E-state index in [1.54, 1.807) is 4.90 Å². The molecule has 0 aliphatic carbocycles. The van der Waals surface area contributed by atoms with E-state index in [1.165, 1.54) is 0 Å². The Labute approximate surface area is 153 Å². The van der Waals surface area contributed by atoms with Gasteiger partial charge in [0, 0.05) is 56.4 Å². The molecule has 0 unspecified atom stereocenters. The molecule has 0 aromatic heterocycles. The molecule has 2 saturated heterocycles. The van der Waals surface area contributed by atoms with Crippen molar-refractivity contribution in [3.63, 3.8) is 0 Å². The molecule has 2 N–H and O–H groups in total. The summed E-state index contributed by atoms with van der Waals surface area (Å²) in [6, 6.07) is 7.78. The van der Waals surface area contributed by atoms with Gasteiger partial charge >= 0.3 is 0 Å². The number of rotatable bonds is 4. The number of carbonyl (C=O) groups is 3. The summed E-state index contributed by atoms with van der Waals surface area (Å²) in [5.41, 5.74) is 7.18. The Morgan fingerprint density at radius 1 is 1.04 bits per heavy atom. The highest BCUT2D eigenvalue weighted by Gasteiger charge is 2.34. The lowest BCUT2D eigenvalue weighted by atomic mass is 10.1. The molecule has 0 saturated carbocycles. The van der Waals surface area contributed by atoms with Crippen LogP contribution in [0.15, 0.2) is 24.3 Å². The van der Waals surface area contributed by atoms with Crippen LogP contribution in [0.2, 0.25) is 0 Å². The second-order valence-corrected chi connectivity index (χ2v) is 7.29. The highest BCUT2D eigenvalue weighted by Crippen LogP contribution is 2.27. The molecule has 2 aliphatic rings. The van der Waals surface area contributed by atoms with Crippen molar-refractivity contribution in [1.29, 1.82) is 0 Å². The molecule has 3 amide bonds. The van der Waals surface area contributed by atoms with E-state index in [9.17, 15) is 14.4 Å². The van der Waals surface area contributed by atoms with E-state index in [4.69, 9.17) is 5.73 Å². The van der Waals surface area contributed by atoms with E-state index < -0.39 is 11.8 Å². The van der Waals surface area contributed by atoms with Crippen LogP contribution in [0, 0.1) is 11.8 Å². The number of hydrogen-bond acceptors (Lipinski definition) is 4. The molecular weight excluding hydrogens is 332 g/mol. The maximum absolute atomic E-state index is 12.1. The molecule has 1 aromatic rings. The van der Waals surface area contributed by atoms with Gasteiger partial charge in [-0.05, 0) is 24.3 Å². The van der Waals surface area contributed by atoms with E-state index in [1.807, 2.05) is 43.0 Å². The summed E-state index contributed by atoms with van der Waals surface area (Å²) in [7, 11) is 0. The zero-order valence-electron chi connectivity index (χ0n) is 15.4. The molecule has 1 atom stereocenters. The van der Waals surface area contributed by atoms with Crippen molar-refractivity contribution in [2.45, 2.75) is 20.3 Å². The number of benzene rings is 1. The number of hydrogen-bond donors (Lipinski definition) is 1. The number of carbonyl (C=O) groups excluding carboxylic acids is 3. The Bertz CT molecular complexity index is 693. The highest BCUT2D eigenvalue weighted by molar-refractivity contribution is 6.00. The van der Waals surface area contributed by atoms with Crippen molar-refractivity contribution in [2.24, 2.45) is 17.6 Å². The zero-order chi connectivity index (χ0) is 18.8. The third-order valence-electron chi connectivity index (χ3n) is 5.14. The van der Waals surface area contributed by atoms with Crippen LogP contribution in [0.5, 0.6) is 0 Å². The largest absolute Gasteiger partial charge is 0.369 e. The molecule has 2 fully saturated rings. The average molecular weight is 358 g/mol. The van der Waals surface area contributed by atoms with Crippen LogP contribution >= 0.6 is 0 Å². The third kappa shape index (κ3) is 3.66. The summed E-state index contributed by atoms with van der Waals surface area (Å²) in [6.45, 7) is 7.25. The molecule has 2 aliphatic heterocycles. The molecule has 7 nitrogen and oxygen atoms in total. The molecular formula is C19H26N4O3. The van der Waals surface area contributed by atoms with Gasteiger partial charge in [-0.1, -0.05) is 13.8 Å². The van der Waals surface area contributed by atoms with Crippen molar-refractivity contribution in [1.82, 2.24) is 4.90 Å². The standard InChI is InChI=1S/C19H26N4O3/c1-13(2)19(26)22-9-7-21(8-10-22)15-3-5-16(6-4-15)23-12-14(18(20)25)11-17(23)24/h3-6,13-14H,7-12H2,1-2H3,(H2,20,25)/t14-/m0/s1. The van der Waals surface area contributed by atoms with Gasteiger partial charge < -0.3 is 20.4 Å². The Morgan fingerprint density at radius 3 is 2.12 bits per heavy atom. The van der Waals surface area contributed by atoms with Crippen LogP contribution in [0.1, 0.15) is 20.3 Å². The van der Waals surface area contributed by atoms with E-state index in [0.717, 1.165) is 37.6 Å². The first kappa shape index (κ1) is 18.2. The highest BCUT2D eigenvalue weighted by atomic mass is 16.2. The number of nitrogens with zero attached hydrogens (tertiary/aromatic N) is 3. The van der Waals surface area contributed by atoms with Gasteiger partial charge in [-0.15, -0.1) is 0 Å². The van der Waals surface area contributed by atoms with Crippen molar-refractivity contribution in [3.05, 3.63) is 24.3 Å². The van der Waals surface area contributed by atoms with Crippen molar-refractivity contribution >= 4 is 29.1 Å². The molecule has 2 heterocycles. The first-order valence-corrected chi connectivity index (χ1v) is 9.10. The Balaban J connectivity index is 1.61. The minimum atomic E-state index is -0.425. The van der Waals surface area contributed by atoms with Gasteiger partial charge in [-0.3, -0.25) is 14.4 Å². The van der Waals surface area contributed by atoms with Crippen molar-refractivity contribution in [3.8, 4) is 0 Å². The number of piperazine rings is 1. The maximum Gasteiger partial charge on any atom is 0.227 e. The summed E-state index contributed by atoms with van der Waals surface area (Å²) in [5.74, 6) is -0.665. The van der Waals surface area contributed by atoms with Gasteiger partial charge in [0.2, 0.25) is 17.7 Å². The van der Waals surface area contributed by atoms with Gasteiger partial charge in [0.1, 0.15) is 0 Å². The monoisotopic (exact) mass is 358 g/mol. The Hall–Kier alpha value is -2.57. The van der Waals surface area contributed by atoms with E-state index in [-0.39, 0.29) is 24.2 Å². The number of primary amides is 1. The lowest BCUT2D eigenvalue weighted by Crippen LogP contribution is -2.49. The smallest absolute Gasteiger partial charge is 0.227 e. The van der Waals surface area contributed by atoms with Gasteiger partial charge in [0.25, 0.3) is 0 Å². The average Bonchev–Trinajstić information content (AvgIpc) is 3.03. The first-order chi connectivity index (χ1) is 12.4. The second kappa shape index (κ2) is 7.35. The summed E-state index contributed by atoms with van der Waals surface area (Å²) in [5, 5.41) is 0. The summed E-state index contributed by atoms with van der Waals surface area (Å²) < 4.78 is 0. The molecule has 0 bridgehead atoms. The zero-order valence-corrected chi connectivity index (χ0v) is 15.4. The predicted molar refractivity (Wildman–Crippen MR) is 99.7 cm³/mol. The van der Waals surface area contributed by atoms with Crippen molar-refractivity contribution in [2.75, 3.05) is 42.5 Å². The minimum absolute atomic E-state index is 0.0306. The van der Waals surface area contributed by atoms with Crippen LogP contribution in [0.4, 0.5) is 11.4 Å². The minimum Gasteiger partial charge on any atom is -0.369 e. The van der Waals surface area contributed by atoms with Crippen LogP contribution in [0.3, 0.4) is 0 Å². The van der Waals surface area contributed by atoms with E-state index >= 15 is 0 Å². The molecule has 26 heavy (non-hydrogen) atoms. The Morgan fingerprint density at radius 2 is 1.62 bits per heavy atom. The van der Waals surface area contributed by atoms with Crippen molar-refractivity contribution < 1.29 is 14.4 Å². The number of amides is 3. The normalized spacial score (nSPS) is 20.8. The van der Waals surface area contributed by atoms with Gasteiger partial charge in [0.05, 0.1) is 5.92 Å². The van der Waals surface area contributed by atoms with Gasteiger partial charge in [-0.2, -0.15) is 0 Å². The fourth-order valence-electron chi connectivity index (χ4n) is 3.54. The maximum atomic E-state index is 12.1. The van der Waals surface area contributed by atoms with E-state index in [0.29, 0.717) is 6.54 Å². The fraction of sp³-hybridized carbons (Fsp3) is 0.526. The van der Waals surface area contributed by atoms with E-state index in [2.05, 4.69) is 4.90 Å². The second-order valence-electron chi connectivity index (χ2n) is 7.29. The number of nitrogens with two attached hydrogens (primary N) is 1. The van der Waals surface area contributed by atoms with Gasteiger partial charge in [-0.25, -0.2) is 0 Å². The summed E-state index contributed by atoms with van der Waals surface area (Å²) >= 11 is 0. The first-order valence-electron chi connectivity index (χ1n) is 9.10. The van der Waals surface area contributed by atoms with Crippen LogP contribution in [0.25, 0.3) is 0 Å². The molecule has 3 rings (SSSR count). The lowest BCUT2D eigenvalue weighted by molar-refractivity contribution is -0.134. The lowest BCUT2D eigenvalue weighted by Gasteiger charge is -2.37. The third-order valence-corrected chi connectivity index (χ3v) is 5.14. The molecule has 7 heteroatoms. The number of anilines is 2. The Kier molecular flexibility index (Phi) is 5.15. The molecule has 0 spiro atoms. The topological polar surface area (TPSA) is 86.9 Å². The quantitative estimate of drug-likeness (QED) is 0.864. The van der Waals surface area contributed by atoms with Crippen LogP contribution in [-0.4, -0.2) is 55.3 Å². The fourth-order valence-corrected chi connectivity index (χ4v) is 3.54. The van der Waals surface area contributed by atoms with Crippen LogP contribution in [-0.2, 0) is 14.4 Å². The molecule has 0 radical (unpaired) electrons. The molecule has 140 valence electrons. The predicted octanol–water partition coefficient (Wildman–Crippen LogP) is 0.829. The van der Waals surface area contributed by atoms with Gasteiger partial charge in [0.15, 0.2) is 0 Å². The summed E-state index contributed by atoms with van der Waals surface area (Å²) in [4.78, 5) is 41.3. The van der Waals surface area contributed by atoms with Crippen LogP contribution < -0.4 is 15.5 Å².